The number of amides is 2. The molecule has 1 N–H and O–H groups in total. The molecule has 0 unspecified atom stereocenters. The van der Waals surface area contributed by atoms with E-state index in [1.165, 1.54) is 0 Å². The molecular formula is C24H29ClN4O3. The van der Waals surface area contributed by atoms with Gasteiger partial charge in [0.15, 0.2) is 0 Å². The van der Waals surface area contributed by atoms with Crippen LogP contribution in [0, 0.1) is 12.8 Å². The number of ether oxygens (including phenoxy) is 1. The van der Waals surface area contributed by atoms with Gasteiger partial charge in [-0.05, 0) is 58.4 Å². The van der Waals surface area contributed by atoms with Gasteiger partial charge in [0.25, 0.3) is 5.91 Å². The van der Waals surface area contributed by atoms with E-state index in [-0.39, 0.29) is 17.9 Å². The Morgan fingerprint density at radius 2 is 1.94 bits per heavy atom. The van der Waals surface area contributed by atoms with Crippen LogP contribution in [-0.2, 0) is 10.2 Å². The molecule has 0 spiro atoms. The van der Waals surface area contributed by atoms with Crippen molar-refractivity contribution in [3.63, 3.8) is 0 Å². The Labute approximate surface area is 193 Å². The maximum atomic E-state index is 13.2. The van der Waals surface area contributed by atoms with Gasteiger partial charge in [0.05, 0.1) is 34.5 Å². The van der Waals surface area contributed by atoms with Gasteiger partial charge in [0.2, 0.25) is 11.8 Å². The molecule has 0 saturated heterocycles. The Kier molecular flexibility index (Phi) is 6.12. The van der Waals surface area contributed by atoms with E-state index >= 15 is 0 Å². The van der Waals surface area contributed by atoms with E-state index in [2.05, 4.69) is 15.3 Å². The van der Waals surface area contributed by atoms with Gasteiger partial charge in [-0.25, -0.2) is 4.98 Å². The van der Waals surface area contributed by atoms with Crippen LogP contribution in [0.15, 0.2) is 24.5 Å². The predicted molar refractivity (Wildman–Crippen MR) is 123 cm³/mol. The van der Waals surface area contributed by atoms with Crippen molar-refractivity contribution >= 4 is 29.1 Å². The fourth-order valence-electron chi connectivity index (χ4n) is 4.73. The quantitative estimate of drug-likeness (QED) is 0.733. The van der Waals surface area contributed by atoms with Crippen molar-refractivity contribution in [2.45, 2.75) is 57.9 Å². The lowest BCUT2D eigenvalue weighted by atomic mass is 9.85. The van der Waals surface area contributed by atoms with Crippen LogP contribution in [0.5, 0.6) is 5.88 Å². The molecule has 1 aliphatic carbocycles. The van der Waals surface area contributed by atoms with Crippen LogP contribution in [0.25, 0.3) is 0 Å². The molecule has 2 aliphatic rings. The van der Waals surface area contributed by atoms with Crippen molar-refractivity contribution in [3.05, 3.63) is 46.4 Å². The summed E-state index contributed by atoms with van der Waals surface area (Å²) in [4.78, 5) is 36.2. The maximum Gasteiger partial charge on any atom is 0.253 e. The summed E-state index contributed by atoms with van der Waals surface area (Å²) >= 11 is 6.00. The van der Waals surface area contributed by atoms with E-state index in [1.54, 1.807) is 32.5 Å². The summed E-state index contributed by atoms with van der Waals surface area (Å²) in [6.45, 7) is 6.36. The van der Waals surface area contributed by atoms with E-state index in [4.69, 9.17) is 16.3 Å². The summed E-state index contributed by atoms with van der Waals surface area (Å²) in [6, 6.07) is 3.63. The largest absolute Gasteiger partial charge is 0.481 e. The normalized spacial score (nSPS) is 21.9. The minimum atomic E-state index is -0.595. The second kappa shape index (κ2) is 8.70. The Hall–Kier alpha value is -2.67. The first-order chi connectivity index (χ1) is 15.2. The van der Waals surface area contributed by atoms with Crippen LogP contribution in [-0.4, -0.2) is 41.5 Å². The van der Waals surface area contributed by atoms with Gasteiger partial charge in [0, 0.05) is 36.6 Å². The van der Waals surface area contributed by atoms with E-state index in [1.807, 2.05) is 24.8 Å². The number of halogens is 1. The van der Waals surface area contributed by atoms with Gasteiger partial charge in [-0.15, -0.1) is 0 Å². The number of pyridine rings is 2. The maximum absolute atomic E-state index is 13.2. The average molecular weight is 457 g/mol. The highest BCUT2D eigenvalue weighted by molar-refractivity contribution is 6.30. The van der Waals surface area contributed by atoms with Gasteiger partial charge in [-0.3, -0.25) is 14.6 Å². The molecule has 8 heteroatoms. The van der Waals surface area contributed by atoms with Crippen molar-refractivity contribution < 1.29 is 14.3 Å². The van der Waals surface area contributed by atoms with E-state index in [0.717, 1.165) is 36.9 Å². The average Bonchev–Trinajstić information content (AvgIpc) is 2.96. The minimum absolute atomic E-state index is 0.0990. The third kappa shape index (κ3) is 4.18. The number of hydrogen-bond donors (Lipinski definition) is 1. The second-order valence-electron chi connectivity index (χ2n) is 9.26. The third-order valence-corrected chi connectivity index (χ3v) is 6.94. The lowest BCUT2D eigenvalue weighted by Crippen LogP contribution is -2.42. The third-order valence-electron chi connectivity index (χ3n) is 6.73. The van der Waals surface area contributed by atoms with Crippen LogP contribution in [0.2, 0.25) is 5.02 Å². The summed E-state index contributed by atoms with van der Waals surface area (Å²) in [5, 5.41) is 3.58. The van der Waals surface area contributed by atoms with E-state index in [0.29, 0.717) is 34.6 Å². The SMILES string of the molecule is COc1cc2c(cn1)C(C)(C)C(=O)N2C[C@H]1CC[C@H](NC(=O)c2cc(Cl)cnc2C)CC1. The molecule has 2 amide bonds. The number of rotatable bonds is 5. The Morgan fingerprint density at radius 1 is 1.22 bits per heavy atom. The van der Waals surface area contributed by atoms with Crippen LogP contribution < -0.4 is 15.0 Å². The number of nitrogens with one attached hydrogen (secondary N) is 1. The lowest BCUT2D eigenvalue weighted by Gasteiger charge is -2.32. The zero-order valence-electron chi connectivity index (χ0n) is 18.9. The molecule has 0 aromatic carbocycles. The standard InChI is InChI=1S/C24H29ClN4O3/c1-14-18(9-16(25)11-26-14)22(30)28-17-7-5-15(6-8-17)13-29-20-10-21(32-4)27-12-19(20)24(2,3)23(29)31/h9-12,15,17H,5-8,13H2,1-4H3,(H,28,30)/t15-,17-. The van der Waals surface area contributed by atoms with Crippen molar-refractivity contribution in [1.29, 1.82) is 0 Å². The summed E-state index contributed by atoms with van der Waals surface area (Å²) in [7, 11) is 1.58. The molecule has 0 bridgehead atoms. The summed E-state index contributed by atoms with van der Waals surface area (Å²) in [5.74, 6) is 0.854. The van der Waals surface area contributed by atoms with Crippen molar-refractivity contribution in [1.82, 2.24) is 15.3 Å². The molecule has 7 nitrogen and oxygen atoms in total. The molecule has 2 aromatic heterocycles. The molecule has 32 heavy (non-hydrogen) atoms. The number of nitrogens with zero attached hydrogens (tertiary/aromatic N) is 3. The molecule has 3 heterocycles. The number of methoxy groups -OCH3 is 1. The van der Waals surface area contributed by atoms with Crippen molar-refractivity contribution in [2.75, 3.05) is 18.6 Å². The predicted octanol–water partition coefficient (Wildman–Crippen LogP) is 4.06. The summed E-state index contributed by atoms with van der Waals surface area (Å²) in [6.07, 6.45) is 6.94. The highest BCUT2D eigenvalue weighted by Crippen LogP contribution is 2.43. The number of carbonyl (C=O) groups excluding carboxylic acids is 2. The van der Waals surface area contributed by atoms with Crippen LogP contribution >= 0.6 is 11.6 Å². The van der Waals surface area contributed by atoms with Gasteiger partial charge in [-0.1, -0.05) is 11.6 Å². The molecule has 2 aromatic rings. The first-order valence-corrected chi connectivity index (χ1v) is 11.4. The monoisotopic (exact) mass is 456 g/mol. The number of hydrogen-bond acceptors (Lipinski definition) is 5. The molecule has 0 atom stereocenters. The fraction of sp³-hybridized carbons (Fsp3) is 0.500. The smallest absolute Gasteiger partial charge is 0.253 e. The second-order valence-corrected chi connectivity index (χ2v) is 9.70. The molecule has 170 valence electrons. The van der Waals surface area contributed by atoms with Crippen molar-refractivity contribution in [2.24, 2.45) is 5.92 Å². The number of fused-ring (bicyclic) bond motifs is 1. The highest BCUT2D eigenvalue weighted by Gasteiger charge is 2.45. The fourth-order valence-corrected chi connectivity index (χ4v) is 4.89. The zero-order chi connectivity index (χ0) is 23.0. The molecule has 1 saturated carbocycles. The molecular weight excluding hydrogens is 428 g/mol. The number of aryl methyl sites for hydroxylation is 1. The Morgan fingerprint density at radius 3 is 2.62 bits per heavy atom. The van der Waals surface area contributed by atoms with Gasteiger partial charge in [0.1, 0.15) is 0 Å². The summed E-state index contributed by atoms with van der Waals surface area (Å²) in [5.41, 5.74) is 2.42. The van der Waals surface area contributed by atoms with Crippen LogP contribution in [0.4, 0.5) is 5.69 Å². The molecule has 4 rings (SSSR count). The lowest BCUT2D eigenvalue weighted by molar-refractivity contribution is -0.122. The molecule has 0 radical (unpaired) electrons. The molecule has 1 fully saturated rings. The van der Waals surface area contributed by atoms with E-state index in [9.17, 15) is 9.59 Å². The highest BCUT2D eigenvalue weighted by atomic mass is 35.5. The van der Waals surface area contributed by atoms with Crippen LogP contribution in [0.1, 0.15) is 61.1 Å². The van der Waals surface area contributed by atoms with Gasteiger partial charge in [-0.2, -0.15) is 0 Å². The first-order valence-electron chi connectivity index (χ1n) is 11.0. The number of aromatic nitrogens is 2. The van der Waals surface area contributed by atoms with Crippen LogP contribution in [0.3, 0.4) is 0 Å². The number of anilines is 1. The molecule has 1 aliphatic heterocycles. The van der Waals surface area contributed by atoms with Gasteiger partial charge < -0.3 is 15.0 Å². The van der Waals surface area contributed by atoms with Gasteiger partial charge >= 0.3 is 0 Å². The van der Waals surface area contributed by atoms with E-state index < -0.39 is 5.41 Å². The Balaban J connectivity index is 1.39. The van der Waals surface area contributed by atoms with Crippen molar-refractivity contribution in [3.8, 4) is 5.88 Å². The zero-order valence-corrected chi connectivity index (χ0v) is 19.7. The topological polar surface area (TPSA) is 84.4 Å². The Bertz CT molecular complexity index is 1050. The number of carbonyl (C=O) groups is 2. The minimum Gasteiger partial charge on any atom is -0.481 e. The summed E-state index contributed by atoms with van der Waals surface area (Å²) < 4.78 is 5.28. The first kappa shape index (κ1) is 22.5.